The Balaban J connectivity index is 0.00000324. The molecule has 0 aliphatic rings. The molecule has 0 bridgehead atoms. The highest BCUT2D eigenvalue weighted by Gasteiger charge is 2.16. The van der Waals surface area contributed by atoms with Gasteiger partial charge in [0.15, 0.2) is 23.1 Å². The molecular weight excluding hydrogens is 427 g/mol. The maximum absolute atomic E-state index is 14.2. The number of hydrogen-bond acceptors (Lipinski definition) is 7. The maximum Gasteiger partial charge on any atom is 0.252 e. The van der Waals surface area contributed by atoms with Crippen LogP contribution in [0.2, 0.25) is 0 Å². The van der Waals surface area contributed by atoms with Gasteiger partial charge in [0.1, 0.15) is 5.82 Å². The summed E-state index contributed by atoms with van der Waals surface area (Å²) in [5.41, 5.74) is 1.74. The van der Waals surface area contributed by atoms with Gasteiger partial charge in [-0.05, 0) is 42.7 Å². The Hall–Kier alpha value is -4.21. The Kier molecular flexibility index (Phi) is 6.34. The molecule has 0 saturated carbocycles. The third-order valence-corrected chi connectivity index (χ3v) is 5.06. The van der Waals surface area contributed by atoms with Gasteiger partial charge in [0.05, 0.1) is 20.5 Å². The molecule has 9 nitrogen and oxygen atoms in total. The molecule has 0 atom stereocenters. The predicted octanol–water partition coefficient (Wildman–Crippen LogP) is 3.38. The second-order valence-electron chi connectivity index (χ2n) is 7.27. The Labute approximate surface area is 190 Å². The van der Waals surface area contributed by atoms with Gasteiger partial charge >= 0.3 is 0 Å². The van der Waals surface area contributed by atoms with Crippen LogP contribution in [0, 0.1) is 12.7 Å². The minimum Gasteiger partial charge on any atom is -0.493 e. The monoisotopic (exact) mass is 452 g/mol. The zero-order valence-electron chi connectivity index (χ0n) is 18.4. The highest BCUT2D eigenvalue weighted by molar-refractivity contribution is 5.60. The van der Waals surface area contributed by atoms with Gasteiger partial charge in [0, 0.05) is 19.6 Å². The average Bonchev–Trinajstić information content (AvgIpc) is 3.25. The predicted molar refractivity (Wildman–Crippen MR) is 124 cm³/mol. The molecule has 0 unspecified atom stereocenters. The molecule has 2 aromatic heterocycles. The molecule has 10 heteroatoms. The molecule has 4 rings (SSSR count). The van der Waals surface area contributed by atoms with E-state index < -0.39 is 0 Å². The van der Waals surface area contributed by atoms with Crippen molar-refractivity contribution < 1.29 is 15.3 Å². The van der Waals surface area contributed by atoms with Crippen LogP contribution in [0.3, 0.4) is 0 Å². The van der Waals surface area contributed by atoms with Crippen LogP contribution in [0.25, 0.3) is 17.2 Å². The highest BCUT2D eigenvalue weighted by atomic mass is 19.1. The number of benzene rings is 2. The molecule has 0 aliphatic heterocycles. The normalized spacial score (nSPS) is 10.8. The Morgan fingerprint density at radius 3 is 2.67 bits per heavy atom. The number of nitrogens with zero attached hydrogens (tertiary/aromatic N) is 4. The van der Waals surface area contributed by atoms with Crippen molar-refractivity contribution in [3.8, 4) is 28.7 Å². The van der Waals surface area contributed by atoms with Crippen LogP contribution < -0.4 is 20.3 Å². The largest absolute Gasteiger partial charge is 0.493 e. The van der Waals surface area contributed by atoms with Gasteiger partial charge in [-0.25, -0.2) is 9.37 Å². The van der Waals surface area contributed by atoms with Crippen molar-refractivity contribution in [2.45, 2.75) is 13.3 Å². The summed E-state index contributed by atoms with van der Waals surface area (Å²) in [5, 5.41) is 7.63. The third-order valence-electron chi connectivity index (χ3n) is 5.06. The summed E-state index contributed by atoms with van der Waals surface area (Å²) in [5.74, 6) is 1.92. The first-order valence-corrected chi connectivity index (χ1v) is 10.2. The van der Waals surface area contributed by atoms with E-state index in [0.717, 1.165) is 5.56 Å². The Bertz CT molecular complexity index is 1340. The van der Waals surface area contributed by atoms with Gasteiger partial charge in [0.2, 0.25) is 5.95 Å². The van der Waals surface area contributed by atoms with Crippen LogP contribution in [0.4, 0.5) is 10.3 Å². The molecule has 0 aliphatic carbocycles. The van der Waals surface area contributed by atoms with E-state index in [1.807, 2.05) is 18.2 Å². The lowest BCUT2D eigenvalue weighted by Gasteiger charge is -2.09. The van der Waals surface area contributed by atoms with Crippen molar-refractivity contribution in [1.29, 1.82) is 0 Å². The average molecular weight is 452 g/mol. The minimum absolute atomic E-state index is 0. The summed E-state index contributed by atoms with van der Waals surface area (Å²) in [4.78, 5) is 23.0. The summed E-state index contributed by atoms with van der Waals surface area (Å²) >= 11 is 0. The molecule has 4 aromatic rings. The van der Waals surface area contributed by atoms with Gasteiger partial charge < -0.3 is 19.8 Å². The Morgan fingerprint density at radius 1 is 1.12 bits per heavy atom. The molecule has 0 saturated heterocycles. The van der Waals surface area contributed by atoms with Crippen LogP contribution >= 0.6 is 0 Å². The second-order valence-corrected chi connectivity index (χ2v) is 7.27. The van der Waals surface area contributed by atoms with Gasteiger partial charge in [-0.1, -0.05) is 18.2 Å². The number of nitrogens with one attached hydrogen (secondary N) is 2. The number of anilines is 1. The highest BCUT2D eigenvalue weighted by Crippen LogP contribution is 2.28. The molecule has 2 heterocycles. The number of aromatic nitrogens is 5. The number of ether oxygens (including phenoxy) is 2. The standard InChI is InChI=1S/C23H23FN6O3.H2/c1-14-4-6-16(11-17(14)24)22-28-23(29-30(22)20-12-21(31)27-13-26-20)25-9-8-15-5-7-18(32-2)19(10-15)33-3;/h4-7,10-13H,8-9H2,1-3H3,(H,25,29)(H,26,27,31);1H. The maximum atomic E-state index is 14.2. The van der Waals surface area contributed by atoms with E-state index in [-0.39, 0.29) is 18.6 Å². The summed E-state index contributed by atoms with van der Waals surface area (Å²) < 4.78 is 26.2. The van der Waals surface area contributed by atoms with E-state index in [1.165, 1.54) is 23.1 Å². The third kappa shape index (κ3) is 4.84. The molecule has 0 radical (unpaired) electrons. The molecule has 33 heavy (non-hydrogen) atoms. The van der Waals surface area contributed by atoms with Crippen LogP contribution in [-0.2, 0) is 6.42 Å². The number of methoxy groups -OCH3 is 2. The van der Waals surface area contributed by atoms with E-state index >= 15 is 0 Å². The fourth-order valence-corrected chi connectivity index (χ4v) is 3.29. The zero-order valence-corrected chi connectivity index (χ0v) is 18.4. The van der Waals surface area contributed by atoms with E-state index in [0.29, 0.717) is 47.4 Å². The molecule has 0 spiro atoms. The topological polar surface area (TPSA) is 107 Å². The first-order chi connectivity index (χ1) is 16.0. The Morgan fingerprint density at radius 2 is 1.94 bits per heavy atom. The minimum atomic E-state index is -0.358. The van der Waals surface area contributed by atoms with E-state index in [4.69, 9.17) is 9.47 Å². The van der Waals surface area contributed by atoms with Gasteiger partial charge in [-0.3, -0.25) is 4.79 Å². The number of rotatable bonds is 8. The summed E-state index contributed by atoms with van der Waals surface area (Å²) in [6.07, 6.45) is 1.95. The number of aromatic amines is 1. The smallest absolute Gasteiger partial charge is 0.252 e. The van der Waals surface area contributed by atoms with Crippen molar-refractivity contribution in [3.05, 3.63) is 76.1 Å². The van der Waals surface area contributed by atoms with Crippen molar-refractivity contribution in [1.82, 2.24) is 24.7 Å². The summed E-state index contributed by atoms with van der Waals surface area (Å²) in [7, 11) is 3.18. The lowest BCUT2D eigenvalue weighted by Crippen LogP contribution is -2.11. The first kappa shape index (κ1) is 22.0. The van der Waals surface area contributed by atoms with Crippen LogP contribution in [-0.4, -0.2) is 45.5 Å². The number of aryl methyl sites for hydroxylation is 1. The van der Waals surface area contributed by atoms with Crippen LogP contribution in [0.5, 0.6) is 11.5 Å². The lowest BCUT2D eigenvalue weighted by molar-refractivity contribution is 0.354. The SMILES string of the molecule is COc1ccc(CCNc2nc(-c3ccc(C)c(F)c3)n(-c3cc(=O)[nH]cn3)n2)cc1OC.[HH]. The summed E-state index contributed by atoms with van der Waals surface area (Å²) in [6.45, 7) is 2.22. The van der Waals surface area contributed by atoms with Gasteiger partial charge in [-0.15, -0.1) is 5.10 Å². The van der Waals surface area contributed by atoms with Crippen LogP contribution in [0.1, 0.15) is 12.6 Å². The fourth-order valence-electron chi connectivity index (χ4n) is 3.29. The van der Waals surface area contributed by atoms with E-state index in [2.05, 4.69) is 25.4 Å². The van der Waals surface area contributed by atoms with Gasteiger partial charge in [-0.2, -0.15) is 9.67 Å². The number of hydrogen-bond donors (Lipinski definition) is 2. The van der Waals surface area contributed by atoms with Crippen molar-refractivity contribution in [3.63, 3.8) is 0 Å². The van der Waals surface area contributed by atoms with Crippen molar-refractivity contribution in [2.24, 2.45) is 0 Å². The molecule has 2 aromatic carbocycles. The quantitative estimate of drug-likeness (QED) is 0.422. The molecule has 2 N–H and O–H groups in total. The second kappa shape index (κ2) is 9.51. The van der Waals surface area contributed by atoms with Gasteiger partial charge in [0.25, 0.3) is 5.56 Å². The van der Waals surface area contributed by atoms with Crippen molar-refractivity contribution in [2.75, 3.05) is 26.1 Å². The number of halogens is 1. The fraction of sp³-hybridized carbons (Fsp3) is 0.217. The molecule has 0 fully saturated rings. The van der Waals surface area contributed by atoms with Crippen LogP contribution in [0.15, 0.2) is 53.6 Å². The molecular formula is C23H25FN6O3. The number of H-pyrrole nitrogens is 1. The summed E-state index contributed by atoms with van der Waals surface area (Å²) in [6, 6.07) is 11.8. The lowest BCUT2D eigenvalue weighted by atomic mass is 10.1. The molecule has 172 valence electrons. The molecule has 0 amide bonds. The van der Waals surface area contributed by atoms with E-state index in [1.54, 1.807) is 33.3 Å². The first-order valence-electron chi connectivity index (χ1n) is 10.2. The zero-order chi connectivity index (χ0) is 23.4. The van der Waals surface area contributed by atoms with E-state index in [9.17, 15) is 9.18 Å². The van der Waals surface area contributed by atoms with Crippen molar-refractivity contribution >= 4 is 5.95 Å².